The number of ether oxygens (including phenoxy) is 3. The van der Waals surface area contributed by atoms with E-state index in [-0.39, 0.29) is 6.61 Å². The van der Waals surface area contributed by atoms with E-state index < -0.39 is 18.1 Å². The van der Waals surface area contributed by atoms with Crippen molar-refractivity contribution in [2.45, 2.75) is 32.9 Å². The summed E-state index contributed by atoms with van der Waals surface area (Å²) < 4.78 is 22.0. The predicted octanol–water partition coefficient (Wildman–Crippen LogP) is 4.67. The van der Waals surface area contributed by atoms with Crippen molar-refractivity contribution in [3.05, 3.63) is 65.5 Å². The molecule has 1 saturated heterocycles. The van der Waals surface area contributed by atoms with Crippen LogP contribution >= 0.6 is 0 Å². The normalized spacial score (nSPS) is 15.7. The molecule has 1 unspecified atom stereocenters. The maximum absolute atomic E-state index is 12.3. The van der Waals surface area contributed by atoms with Gasteiger partial charge in [-0.25, -0.2) is 14.6 Å². The van der Waals surface area contributed by atoms with Gasteiger partial charge in [0.1, 0.15) is 18.1 Å². The zero-order chi connectivity index (χ0) is 22.7. The Bertz CT molecular complexity index is 1120. The van der Waals surface area contributed by atoms with Gasteiger partial charge in [0.05, 0.1) is 7.11 Å². The van der Waals surface area contributed by atoms with Crippen LogP contribution in [0.25, 0.3) is 11.5 Å². The van der Waals surface area contributed by atoms with E-state index in [1.807, 2.05) is 44.2 Å². The van der Waals surface area contributed by atoms with Crippen molar-refractivity contribution < 1.29 is 28.2 Å². The molecule has 0 radical (unpaired) electrons. The molecule has 1 aromatic heterocycles. The van der Waals surface area contributed by atoms with Crippen LogP contribution < -0.4 is 9.47 Å². The number of hydrogen-bond donors (Lipinski definition) is 0. The van der Waals surface area contributed by atoms with Crippen molar-refractivity contribution >= 4 is 12.1 Å². The molecule has 8 heteroatoms. The molecule has 8 nitrogen and oxygen atoms in total. The van der Waals surface area contributed by atoms with Crippen LogP contribution in [-0.2, 0) is 16.1 Å². The van der Waals surface area contributed by atoms with Crippen LogP contribution in [0.4, 0.5) is 4.79 Å². The number of cyclic esters (lactones) is 2. The van der Waals surface area contributed by atoms with E-state index in [2.05, 4.69) is 4.98 Å². The zero-order valence-corrected chi connectivity index (χ0v) is 18.2. The number of amides is 1. The molecule has 32 heavy (non-hydrogen) atoms. The van der Waals surface area contributed by atoms with Gasteiger partial charge in [0.25, 0.3) is 0 Å². The lowest BCUT2D eigenvalue weighted by molar-refractivity contribution is -0.136. The molecule has 2 heterocycles. The number of aryl methyl sites for hydroxylation is 1. The third-order valence-electron chi connectivity index (χ3n) is 5.20. The number of rotatable bonds is 8. The number of oxazole rings is 1. The first-order valence-corrected chi connectivity index (χ1v) is 10.4. The summed E-state index contributed by atoms with van der Waals surface area (Å²) in [6, 6.07) is 13.9. The van der Waals surface area contributed by atoms with Crippen molar-refractivity contribution in [1.29, 1.82) is 0 Å². The topological polar surface area (TPSA) is 91.1 Å². The molecule has 1 aliphatic rings. The SMILES string of the molecule is CCCN1C(=O)OC(=O)C1c1ccc(OC)c(OCc2nc(-c3ccccc3)oc2C)c1. The van der Waals surface area contributed by atoms with Crippen LogP contribution in [0.5, 0.6) is 11.5 Å². The molecule has 1 amide bonds. The fourth-order valence-corrected chi connectivity index (χ4v) is 3.60. The zero-order valence-electron chi connectivity index (χ0n) is 18.2. The van der Waals surface area contributed by atoms with Crippen molar-refractivity contribution in [3.63, 3.8) is 0 Å². The van der Waals surface area contributed by atoms with E-state index in [0.717, 1.165) is 5.56 Å². The molecular formula is C24H24N2O6. The quantitative estimate of drug-likeness (QED) is 0.374. The van der Waals surface area contributed by atoms with Crippen LogP contribution in [-0.4, -0.2) is 35.6 Å². The van der Waals surface area contributed by atoms with Crippen LogP contribution in [0.1, 0.15) is 36.4 Å². The number of aromatic nitrogens is 1. The second-order valence-electron chi connectivity index (χ2n) is 7.37. The van der Waals surface area contributed by atoms with E-state index in [9.17, 15) is 9.59 Å². The first-order valence-electron chi connectivity index (χ1n) is 10.4. The Kier molecular flexibility index (Phi) is 6.11. The Morgan fingerprint density at radius 3 is 2.59 bits per heavy atom. The number of hydrogen-bond acceptors (Lipinski definition) is 7. The summed E-state index contributed by atoms with van der Waals surface area (Å²) in [6.07, 6.45) is 0.0694. The lowest BCUT2D eigenvalue weighted by Crippen LogP contribution is -2.29. The van der Waals surface area contributed by atoms with E-state index in [1.165, 1.54) is 12.0 Å². The van der Waals surface area contributed by atoms with Gasteiger partial charge >= 0.3 is 12.1 Å². The molecule has 0 saturated carbocycles. The Labute approximate surface area is 185 Å². The Morgan fingerprint density at radius 2 is 1.88 bits per heavy atom. The van der Waals surface area contributed by atoms with E-state index in [1.54, 1.807) is 18.2 Å². The van der Waals surface area contributed by atoms with Crippen LogP contribution in [0.3, 0.4) is 0 Å². The maximum Gasteiger partial charge on any atom is 0.418 e. The molecule has 0 spiro atoms. The average molecular weight is 436 g/mol. The van der Waals surface area contributed by atoms with Crippen LogP contribution in [0, 0.1) is 6.92 Å². The van der Waals surface area contributed by atoms with Gasteiger partial charge in [-0.2, -0.15) is 0 Å². The number of methoxy groups -OCH3 is 1. The standard InChI is InChI=1S/C24H24N2O6/c1-4-12-26-21(23(27)32-24(26)28)17-10-11-19(29-3)20(13-17)30-14-18-15(2)31-22(25-18)16-8-6-5-7-9-16/h5-11,13,21H,4,12,14H2,1-3H3. The molecular weight excluding hydrogens is 412 g/mol. The summed E-state index contributed by atoms with van der Waals surface area (Å²) >= 11 is 0. The highest BCUT2D eigenvalue weighted by Gasteiger charge is 2.41. The number of carbonyl (C=O) groups is 2. The van der Waals surface area contributed by atoms with Crippen molar-refractivity contribution in [2.24, 2.45) is 0 Å². The van der Waals surface area contributed by atoms with E-state index in [4.69, 9.17) is 18.6 Å². The number of benzene rings is 2. The van der Waals surface area contributed by atoms with Gasteiger partial charge in [0.15, 0.2) is 17.5 Å². The van der Waals surface area contributed by atoms with Crippen molar-refractivity contribution in [2.75, 3.05) is 13.7 Å². The van der Waals surface area contributed by atoms with Gasteiger partial charge in [0.2, 0.25) is 5.89 Å². The lowest BCUT2D eigenvalue weighted by atomic mass is 10.1. The fourth-order valence-electron chi connectivity index (χ4n) is 3.60. The largest absolute Gasteiger partial charge is 0.493 e. The van der Waals surface area contributed by atoms with Gasteiger partial charge < -0.3 is 18.6 Å². The predicted molar refractivity (Wildman–Crippen MR) is 115 cm³/mol. The minimum Gasteiger partial charge on any atom is -0.493 e. The highest BCUT2D eigenvalue weighted by atomic mass is 16.6. The van der Waals surface area contributed by atoms with Crippen LogP contribution in [0.2, 0.25) is 0 Å². The number of esters is 1. The molecule has 3 aromatic rings. The molecule has 166 valence electrons. The monoisotopic (exact) mass is 436 g/mol. The molecule has 0 bridgehead atoms. The molecule has 4 rings (SSSR count). The minimum absolute atomic E-state index is 0.148. The maximum atomic E-state index is 12.3. The highest BCUT2D eigenvalue weighted by molar-refractivity contribution is 5.96. The third kappa shape index (κ3) is 4.16. The molecule has 2 aromatic carbocycles. The molecule has 0 aliphatic carbocycles. The number of carbonyl (C=O) groups excluding carboxylic acids is 2. The third-order valence-corrected chi connectivity index (χ3v) is 5.20. The summed E-state index contributed by atoms with van der Waals surface area (Å²) in [7, 11) is 1.54. The van der Waals surface area contributed by atoms with Crippen molar-refractivity contribution in [3.8, 4) is 23.0 Å². The minimum atomic E-state index is -0.811. The summed E-state index contributed by atoms with van der Waals surface area (Å²) in [5.74, 6) is 1.50. The Balaban J connectivity index is 1.57. The fraction of sp³-hybridized carbons (Fsp3) is 0.292. The average Bonchev–Trinajstić information content (AvgIpc) is 3.31. The second-order valence-corrected chi connectivity index (χ2v) is 7.37. The van der Waals surface area contributed by atoms with Gasteiger partial charge in [-0.1, -0.05) is 31.2 Å². The first kappa shape index (κ1) is 21.4. The number of nitrogens with zero attached hydrogens (tertiary/aromatic N) is 2. The summed E-state index contributed by atoms with van der Waals surface area (Å²) in [5.41, 5.74) is 2.12. The van der Waals surface area contributed by atoms with Crippen LogP contribution in [0.15, 0.2) is 52.9 Å². The van der Waals surface area contributed by atoms with Gasteiger partial charge in [0, 0.05) is 12.1 Å². The second kappa shape index (κ2) is 9.13. The molecule has 1 aliphatic heterocycles. The van der Waals surface area contributed by atoms with E-state index >= 15 is 0 Å². The first-order chi connectivity index (χ1) is 15.5. The van der Waals surface area contributed by atoms with Gasteiger partial charge in [-0.3, -0.25) is 4.90 Å². The smallest absolute Gasteiger partial charge is 0.418 e. The Hall–Kier alpha value is -3.81. The van der Waals surface area contributed by atoms with Gasteiger partial charge in [-0.15, -0.1) is 0 Å². The highest BCUT2D eigenvalue weighted by Crippen LogP contribution is 2.36. The summed E-state index contributed by atoms with van der Waals surface area (Å²) in [4.78, 5) is 30.3. The Morgan fingerprint density at radius 1 is 1.09 bits per heavy atom. The summed E-state index contributed by atoms with van der Waals surface area (Å²) in [6.45, 7) is 4.32. The van der Waals surface area contributed by atoms with Gasteiger partial charge in [-0.05, 0) is 43.2 Å². The summed E-state index contributed by atoms with van der Waals surface area (Å²) in [5, 5.41) is 0. The molecule has 0 N–H and O–H groups in total. The van der Waals surface area contributed by atoms with E-state index in [0.29, 0.717) is 47.4 Å². The van der Waals surface area contributed by atoms with Crippen molar-refractivity contribution in [1.82, 2.24) is 9.88 Å². The molecule has 1 atom stereocenters. The molecule has 1 fully saturated rings. The lowest BCUT2D eigenvalue weighted by Gasteiger charge is -2.20.